The molecule has 0 aromatic rings. The van der Waals surface area contributed by atoms with E-state index in [0.29, 0.717) is 13.0 Å². The van der Waals surface area contributed by atoms with Crippen LogP contribution < -0.4 is 0 Å². The van der Waals surface area contributed by atoms with Crippen molar-refractivity contribution < 1.29 is 14.6 Å². The first kappa shape index (κ1) is 10.9. The number of ether oxygens (including phenoxy) is 2. The fourth-order valence-electron chi connectivity index (χ4n) is 0.851. The summed E-state index contributed by atoms with van der Waals surface area (Å²) in [5.74, 6) is 0. The number of hydrogen-bond acceptors (Lipinski definition) is 3. The second-order valence-corrected chi connectivity index (χ2v) is 2.48. The molecular formula is C8H18O3. The first-order valence-corrected chi connectivity index (χ1v) is 4.08. The Morgan fingerprint density at radius 1 is 1.36 bits per heavy atom. The molecule has 0 aliphatic carbocycles. The van der Waals surface area contributed by atoms with Gasteiger partial charge in [-0.05, 0) is 27.2 Å². The van der Waals surface area contributed by atoms with Gasteiger partial charge < -0.3 is 14.6 Å². The maximum Gasteiger partial charge on any atom is 0.155 e. The molecule has 0 rings (SSSR count). The summed E-state index contributed by atoms with van der Waals surface area (Å²) in [6, 6.07) is 0. The normalized spacial score (nSPS) is 16.4. The Morgan fingerprint density at radius 3 is 2.45 bits per heavy atom. The van der Waals surface area contributed by atoms with Crippen molar-refractivity contribution in [1.29, 1.82) is 0 Å². The molecule has 0 radical (unpaired) electrons. The molecule has 1 N–H and O–H groups in total. The van der Waals surface area contributed by atoms with Gasteiger partial charge in [0.1, 0.15) is 0 Å². The van der Waals surface area contributed by atoms with Gasteiger partial charge in [0.2, 0.25) is 0 Å². The monoisotopic (exact) mass is 162 g/mol. The Morgan fingerprint density at radius 2 is 2.00 bits per heavy atom. The number of aliphatic hydroxyl groups excluding tert-OH is 1. The van der Waals surface area contributed by atoms with E-state index < -0.39 is 0 Å². The lowest BCUT2D eigenvalue weighted by Crippen LogP contribution is -2.20. The van der Waals surface area contributed by atoms with Gasteiger partial charge in [-0.3, -0.25) is 0 Å². The van der Waals surface area contributed by atoms with Gasteiger partial charge in [0.15, 0.2) is 6.29 Å². The smallest absolute Gasteiger partial charge is 0.155 e. The standard InChI is InChI=1S/C8H18O3/c1-4-10-8(3)11-7(2)5-6-9/h7-9H,4-6H2,1-3H3/t7-,8?/m1/s1. The van der Waals surface area contributed by atoms with Gasteiger partial charge in [0.25, 0.3) is 0 Å². The summed E-state index contributed by atoms with van der Waals surface area (Å²) in [5.41, 5.74) is 0. The van der Waals surface area contributed by atoms with Gasteiger partial charge in [0.05, 0.1) is 6.10 Å². The van der Waals surface area contributed by atoms with E-state index >= 15 is 0 Å². The van der Waals surface area contributed by atoms with Crippen LogP contribution in [0.2, 0.25) is 0 Å². The van der Waals surface area contributed by atoms with Crippen molar-refractivity contribution in [3.63, 3.8) is 0 Å². The molecule has 0 fully saturated rings. The molecule has 0 spiro atoms. The summed E-state index contributed by atoms with van der Waals surface area (Å²) in [5, 5.41) is 8.56. The van der Waals surface area contributed by atoms with Gasteiger partial charge in [-0.15, -0.1) is 0 Å². The van der Waals surface area contributed by atoms with E-state index in [2.05, 4.69) is 0 Å². The number of aliphatic hydroxyl groups is 1. The Kier molecular flexibility index (Phi) is 6.51. The van der Waals surface area contributed by atoms with Crippen LogP contribution in [0.3, 0.4) is 0 Å². The molecule has 0 bridgehead atoms. The van der Waals surface area contributed by atoms with Crippen LogP contribution in [0.25, 0.3) is 0 Å². The van der Waals surface area contributed by atoms with E-state index in [0.717, 1.165) is 0 Å². The minimum absolute atomic E-state index is 0.0709. The average Bonchev–Trinajstić information content (AvgIpc) is 1.87. The zero-order valence-electron chi connectivity index (χ0n) is 7.54. The first-order valence-electron chi connectivity index (χ1n) is 4.08. The molecule has 0 amide bonds. The number of rotatable bonds is 6. The molecular weight excluding hydrogens is 144 g/mol. The first-order chi connectivity index (χ1) is 5.20. The lowest BCUT2D eigenvalue weighted by Gasteiger charge is -2.17. The van der Waals surface area contributed by atoms with Crippen molar-refractivity contribution in [2.24, 2.45) is 0 Å². The molecule has 0 aliphatic rings. The average molecular weight is 162 g/mol. The summed E-state index contributed by atoms with van der Waals surface area (Å²) >= 11 is 0. The topological polar surface area (TPSA) is 38.7 Å². The van der Waals surface area contributed by atoms with Crippen LogP contribution in [-0.4, -0.2) is 30.7 Å². The van der Waals surface area contributed by atoms with Crippen LogP contribution in [0.5, 0.6) is 0 Å². The predicted molar refractivity (Wildman–Crippen MR) is 43.3 cm³/mol. The summed E-state index contributed by atoms with van der Waals surface area (Å²) in [4.78, 5) is 0. The minimum Gasteiger partial charge on any atom is -0.396 e. The molecule has 3 nitrogen and oxygen atoms in total. The highest BCUT2D eigenvalue weighted by atomic mass is 16.7. The Hall–Kier alpha value is -0.120. The third-order valence-electron chi connectivity index (χ3n) is 1.36. The summed E-state index contributed by atoms with van der Waals surface area (Å²) in [6.45, 7) is 6.53. The van der Waals surface area contributed by atoms with Crippen LogP contribution in [0.15, 0.2) is 0 Å². The third kappa shape index (κ3) is 6.28. The fourth-order valence-corrected chi connectivity index (χ4v) is 0.851. The van der Waals surface area contributed by atoms with Crippen LogP contribution in [0, 0.1) is 0 Å². The fraction of sp³-hybridized carbons (Fsp3) is 1.00. The van der Waals surface area contributed by atoms with E-state index in [1.54, 1.807) is 0 Å². The number of hydrogen-bond donors (Lipinski definition) is 1. The highest BCUT2D eigenvalue weighted by molar-refractivity contribution is 4.48. The van der Waals surface area contributed by atoms with Crippen LogP contribution in [-0.2, 0) is 9.47 Å². The summed E-state index contributed by atoms with van der Waals surface area (Å²) in [7, 11) is 0. The molecule has 3 heteroatoms. The van der Waals surface area contributed by atoms with Gasteiger partial charge in [-0.1, -0.05) is 0 Å². The molecule has 11 heavy (non-hydrogen) atoms. The molecule has 0 aromatic heterocycles. The van der Waals surface area contributed by atoms with Gasteiger partial charge in [-0.2, -0.15) is 0 Å². The van der Waals surface area contributed by atoms with Crippen molar-refractivity contribution in [3.05, 3.63) is 0 Å². The zero-order valence-corrected chi connectivity index (χ0v) is 7.54. The highest BCUT2D eigenvalue weighted by Crippen LogP contribution is 2.02. The molecule has 0 saturated heterocycles. The minimum atomic E-state index is -0.165. The molecule has 68 valence electrons. The van der Waals surface area contributed by atoms with Gasteiger partial charge in [-0.25, -0.2) is 0 Å². The predicted octanol–water partition coefficient (Wildman–Crippen LogP) is 1.16. The van der Waals surface area contributed by atoms with Crippen LogP contribution in [0.1, 0.15) is 27.2 Å². The summed E-state index contributed by atoms with van der Waals surface area (Å²) < 4.78 is 10.5. The van der Waals surface area contributed by atoms with Gasteiger partial charge in [0, 0.05) is 13.2 Å². The van der Waals surface area contributed by atoms with E-state index in [-0.39, 0.29) is 19.0 Å². The van der Waals surface area contributed by atoms with Crippen molar-refractivity contribution in [1.82, 2.24) is 0 Å². The molecule has 0 aromatic carbocycles. The van der Waals surface area contributed by atoms with Crippen LogP contribution >= 0.6 is 0 Å². The largest absolute Gasteiger partial charge is 0.396 e. The maximum atomic E-state index is 8.56. The van der Waals surface area contributed by atoms with E-state index in [1.165, 1.54) is 0 Å². The SMILES string of the molecule is CCOC(C)O[C@H](C)CCO. The van der Waals surface area contributed by atoms with E-state index in [1.807, 2.05) is 20.8 Å². The molecule has 0 heterocycles. The van der Waals surface area contributed by atoms with Gasteiger partial charge >= 0.3 is 0 Å². The van der Waals surface area contributed by atoms with E-state index in [9.17, 15) is 0 Å². The quantitative estimate of drug-likeness (QED) is 0.595. The second-order valence-electron chi connectivity index (χ2n) is 2.48. The Bertz CT molecular complexity index is 75.4. The van der Waals surface area contributed by atoms with Crippen molar-refractivity contribution in [2.75, 3.05) is 13.2 Å². The van der Waals surface area contributed by atoms with Crippen molar-refractivity contribution in [3.8, 4) is 0 Å². The lowest BCUT2D eigenvalue weighted by atomic mass is 10.3. The Balaban J connectivity index is 3.32. The molecule has 0 saturated carbocycles. The second kappa shape index (κ2) is 6.58. The summed E-state index contributed by atoms with van der Waals surface area (Å²) in [6.07, 6.45) is 0.570. The third-order valence-corrected chi connectivity index (χ3v) is 1.36. The van der Waals surface area contributed by atoms with Crippen LogP contribution in [0.4, 0.5) is 0 Å². The molecule has 2 atom stereocenters. The van der Waals surface area contributed by atoms with E-state index in [4.69, 9.17) is 14.6 Å². The zero-order chi connectivity index (χ0) is 8.69. The highest BCUT2D eigenvalue weighted by Gasteiger charge is 2.06. The van der Waals surface area contributed by atoms with Crippen molar-refractivity contribution in [2.45, 2.75) is 39.6 Å². The lowest BCUT2D eigenvalue weighted by molar-refractivity contribution is -0.155. The molecule has 0 aliphatic heterocycles. The van der Waals surface area contributed by atoms with Crippen molar-refractivity contribution >= 4 is 0 Å². The molecule has 1 unspecified atom stereocenters. The maximum absolute atomic E-state index is 8.56. The Labute approximate surface area is 68.3 Å².